The Kier molecular flexibility index (Phi) is 4.79. The first-order valence-electron chi connectivity index (χ1n) is 6.78. The van der Waals surface area contributed by atoms with Crippen LogP contribution in [0.25, 0.3) is 0 Å². The van der Waals surface area contributed by atoms with Gasteiger partial charge in [-0.3, -0.25) is 4.79 Å². The smallest absolute Gasteiger partial charge is 0.265 e. The topological polar surface area (TPSA) is 38.3 Å². The number of para-hydroxylation sites is 2. The van der Waals surface area contributed by atoms with Gasteiger partial charge in [0.05, 0.1) is 17.2 Å². The molecule has 0 unspecified atom stereocenters. The van der Waals surface area contributed by atoms with E-state index in [0.29, 0.717) is 18.0 Å². The summed E-state index contributed by atoms with van der Waals surface area (Å²) in [6.07, 6.45) is 0.958. The van der Waals surface area contributed by atoms with Gasteiger partial charge in [-0.05, 0) is 44.0 Å². The van der Waals surface area contributed by atoms with Crippen molar-refractivity contribution in [1.82, 2.24) is 0 Å². The zero-order valence-electron chi connectivity index (χ0n) is 12.0. The highest BCUT2D eigenvalue weighted by molar-refractivity contribution is 7.14. The highest BCUT2D eigenvalue weighted by Crippen LogP contribution is 2.27. The van der Waals surface area contributed by atoms with Crippen LogP contribution in [0.15, 0.2) is 30.3 Å². The van der Waals surface area contributed by atoms with Crippen LogP contribution in [-0.2, 0) is 6.42 Å². The van der Waals surface area contributed by atoms with Crippen molar-refractivity contribution >= 4 is 22.9 Å². The molecule has 4 heteroatoms. The molecule has 3 nitrogen and oxygen atoms in total. The molecule has 0 atom stereocenters. The molecule has 0 saturated carbocycles. The first kappa shape index (κ1) is 14.6. The Hall–Kier alpha value is -1.81. The molecule has 20 heavy (non-hydrogen) atoms. The first-order valence-corrected chi connectivity index (χ1v) is 7.59. The highest BCUT2D eigenvalue weighted by Gasteiger charge is 2.13. The van der Waals surface area contributed by atoms with E-state index in [9.17, 15) is 4.79 Å². The van der Waals surface area contributed by atoms with Crippen LogP contribution in [0, 0.1) is 6.92 Å². The van der Waals surface area contributed by atoms with Crippen LogP contribution in [0.5, 0.6) is 5.75 Å². The van der Waals surface area contributed by atoms with Crippen molar-refractivity contribution in [3.8, 4) is 5.75 Å². The fraction of sp³-hybridized carbons (Fsp3) is 0.312. The minimum atomic E-state index is -0.0787. The third-order valence-corrected chi connectivity index (χ3v) is 4.38. The fourth-order valence-corrected chi connectivity index (χ4v) is 3.03. The van der Waals surface area contributed by atoms with Gasteiger partial charge in [0.25, 0.3) is 5.91 Å². The number of aryl methyl sites for hydroxylation is 2. The molecule has 1 aromatic carbocycles. The summed E-state index contributed by atoms with van der Waals surface area (Å²) in [4.78, 5) is 14.3. The van der Waals surface area contributed by atoms with E-state index in [-0.39, 0.29) is 5.91 Å². The third-order valence-electron chi connectivity index (χ3n) is 3.00. The summed E-state index contributed by atoms with van der Waals surface area (Å²) in [6.45, 7) is 6.64. The van der Waals surface area contributed by atoms with Crippen molar-refractivity contribution < 1.29 is 9.53 Å². The number of thiophene rings is 1. The van der Waals surface area contributed by atoms with Gasteiger partial charge in [0.1, 0.15) is 5.75 Å². The Morgan fingerprint density at radius 2 is 2.05 bits per heavy atom. The Labute approximate surface area is 123 Å². The highest BCUT2D eigenvalue weighted by atomic mass is 32.1. The van der Waals surface area contributed by atoms with Gasteiger partial charge >= 0.3 is 0 Å². The van der Waals surface area contributed by atoms with E-state index in [2.05, 4.69) is 12.2 Å². The van der Waals surface area contributed by atoms with E-state index in [0.717, 1.165) is 11.3 Å². The number of nitrogens with one attached hydrogen (secondary N) is 1. The molecule has 1 N–H and O–H groups in total. The van der Waals surface area contributed by atoms with Crippen LogP contribution >= 0.6 is 11.3 Å². The molecule has 0 fully saturated rings. The summed E-state index contributed by atoms with van der Waals surface area (Å²) in [5.41, 5.74) is 1.89. The normalized spacial score (nSPS) is 10.3. The number of anilines is 1. The summed E-state index contributed by atoms with van der Waals surface area (Å²) in [7, 11) is 0. The lowest BCUT2D eigenvalue weighted by atomic mass is 10.2. The lowest BCUT2D eigenvalue weighted by molar-refractivity contribution is 0.103. The molecule has 1 aromatic heterocycles. The number of hydrogen-bond acceptors (Lipinski definition) is 3. The van der Waals surface area contributed by atoms with Crippen LogP contribution in [-0.4, -0.2) is 12.5 Å². The molecule has 0 radical (unpaired) electrons. The first-order chi connectivity index (χ1) is 9.65. The van der Waals surface area contributed by atoms with Crippen molar-refractivity contribution in [2.75, 3.05) is 11.9 Å². The number of carbonyl (C=O) groups excluding carboxylic acids is 1. The monoisotopic (exact) mass is 289 g/mol. The zero-order valence-corrected chi connectivity index (χ0v) is 12.8. The molecule has 0 aliphatic rings. The van der Waals surface area contributed by atoms with Gasteiger partial charge in [0.2, 0.25) is 0 Å². The van der Waals surface area contributed by atoms with Crippen LogP contribution in [0.1, 0.15) is 34.0 Å². The van der Waals surface area contributed by atoms with Gasteiger partial charge in [-0.2, -0.15) is 0 Å². The minimum absolute atomic E-state index is 0.0787. The van der Waals surface area contributed by atoms with Crippen LogP contribution in [0.3, 0.4) is 0 Å². The van der Waals surface area contributed by atoms with Gasteiger partial charge in [-0.1, -0.05) is 19.1 Å². The largest absolute Gasteiger partial charge is 0.492 e. The maximum absolute atomic E-state index is 12.3. The average molecular weight is 289 g/mol. The van der Waals surface area contributed by atoms with Gasteiger partial charge in [0.15, 0.2) is 0 Å². The maximum atomic E-state index is 12.3. The number of benzene rings is 1. The van der Waals surface area contributed by atoms with Gasteiger partial charge in [-0.25, -0.2) is 0 Å². The average Bonchev–Trinajstić information content (AvgIpc) is 2.82. The van der Waals surface area contributed by atoms with Crippen molar-refractivity contribution in [3.05, 3.63) is 45.6 Å². The van der Waals surface area contributed by atoms with E-state index in [4.69, 9.17) is 4.74 Å². The SMILES string of the molecule is CCOc1ccccc1NC(=O)c1cc(C)c(CC)s1. The number of ether oxygens (including phenoxy) is 1. The summed E-state index contributed by atoms with van der Waals surface area (Å²) >= 11 is 1.55. The third kappa shape index (κ3) is 3.20. The number of rotatable bonds is 5. The van der Waals surface area contributed by atoms with Crippen LogP contribution in [0.2, 0.25) is 0 Å². The zero-order chi connectivity index (χ0) is 14.5. The second-order valence-electron chi connectivity index (χ2n) is 4.45. The summed E-state index contributed by atoms with van der Waals surface area (Å²) in [5, 5.41) is 2.92. The van der Waals surface area contributed by atoms with E-state index in [1.165, 1.54) is 10.4 Å². The van der Waals surface area contributed by atoms with E-state index in [1.807, 2.05) is 44.2 Å². The Morgan fingerprint density at radius 3 is 2.70 bits per heavy atom. The van der Waals surface area contributed by atoms with Crippen LogP contribution in [0.4, 0.5) is 5.69 Å². The molecule has 0 aliphatic heterocycles. The molecule has 0 aliphatic carbocycles. The van der Waals surface area contributed by atoms with Crippen molar-refractivity contribution in [2.45, 2.75) is 27.2 Å². The molecule has 1 heterocycles. The summed E-state index contributed by atoms with van der Waals surface area (Å²) < 4.78 is 5.51. The lowest BCUT2D eigenvalue weighted by Crippen LogP contribution is -2.11. The second kappa shape index (κ2) is 6.57. The van der Waals surface area contributed by atoms with E-state index >= 15 is 0 Å². The number of hydrogen-bond donors (Lipinski definition) is 1. The number of amides is 1. The molecule has 2 aromatic rings. The molecule has 0 bridgehead atoms. The molecule has 1 amide bonds. The number of carbonyl (C=O) groups is 1. The second-order valence-corrected chi connectivity index (χ2v) is 5.59. The van der Waals surface area contributed by atoms with Gasteiger partial charge < -0.3 is 10.1 Å². The Bertz CT molecular complexity index is 604. The standard InChI is InChI=1S/C16H19NO2S/c1-4-14-11(3)10-15(20-14)16(18)17-12-8-6-7-9-13(12)19-5-2/h6-10H,4-5H2,1-3H3,(H,17,18). The van der Waals surface area contributed by atoms with E-state index < -0.39 is 0 Å². The molecular formula is C16H19NO2S. The molecular weight excluding hydrogens is 270 g/mol. The van der Waals surface area contributed by atoms with Gasteiger partial charge in [0, 0.05) is 4.88 Å². The van der Waals surface area contributed by atoms with Crippen molar-refractivity contribution in [3.63, 3.8) is 0 Å². The molecule has 0 saturated heterocycles. The predicted octanol–water partition coefficient (Wildman–Crippen LogP) is 4.27. The summed E-state index contributed by atoms with van der Waals surface area (Å²) in [6, 6.07) is 9.43. The van der Waals surface area contributed by atoms with Gasteiger partial charge in [-0.15, -0.1) is 11.3 Å². The minimum Gasteiger partial charge on any atom is -0.492 e. The Balaban J connectivity index is 2.18. The Morgan fingerprint density at radius 1 is 1.30 bits per heavy atom. The predicted molar refractivity (Wildman–Crippen MR) is 84.0 cm³/mol. The fourth-order valence-electron chi connectivity index (χ4n) is 2.02. The van der Waals surface area contributed by atoms with Crippen LogP contribution < -0.4 is 10.1 Å². The van der Waals surface area contributed by atoms with Crippen molar-refractivity contribution in [1.29, 1.82) is 0 Å². The molecule has 0 spiro atoms. The quantitative estimate of drug-likeness (QED) is 0.892. The summed E-state index contributed by atoms with van der Waals surface area (Å²) in [5.74, 6) is 0.622. The molecule has 106 valence electrons. The maximum Gasteiger partial charge on any atom is 0.265 e. The molecule has 2 rings (SSSR count). The lowest BCUT2D eigenvalue weighted by Gasteiger charge is -2.10. The van der Waals surface area contributed by atoms with Crippen molar-refractivity contribution in [2.24, 2.45) is 0 Å². The van der Waals surface area contributed by atoms with E-state index in [1.54, 1.807) is 11.3 Å².